The zero-order valence-electron chi connectivity index (χ0n) is 14.4. The number of nitrogens with one attached hydrogen (secondary N) is 1. The van der Waals surface area contributed by atoms with Gasteiger partial charge in [0.25, 0.3) is 0 Å². The van der Waals surface area contributed by atoms with Crippen LogP contribution in [0.5, 0.6) is 0 Å². The van der Waals surface area contributed by atoms with E-state index in [2.05, 4.69) is 10.2 Å². The van der Waals surface area contributed by atoms with E-state index in [0.29, 0.717) is 45.2 Å². The molecule has 1 aromatic rings. The molecule has 3 N–H and O–H groups in total. The minimum absolute atomic E-state index is 0.140. The Kier molecular flexibility index (Phi) is 4.94. The van der Waals surface area contributed by atoms with Crippen LogP contribution in [0.4, 0.5) is 0 Å². The third kappa shape index (κ3) is 3.48. The van der Waals surface area contributed by atoms with Crippen molar-refractivity contribution in [3.8, 4) is 0 Å². The van der Waals surface area contributed by atoms with Gasteiger partial charge >= 0.3 is 0 Å². The van der Waals surface area contributed by atoms with E-state index in [1.165, 1.54) is 0 Å². The number of nitrogens with zero attached hydrogens (tertiary/aromatic N) is 2. The van der Waals surface area contributed by atoms with Crippen LogP contribution in [0.25, 0.3) is 0 Å². The molecule has 2 aliphatic rings. The Balaban J connectivity index is 1.49. The zero-order chi connectivity index (χ0) is 17.3. The number of piperidine rings is 1. The second kappa shape index (κ2) is 6.82. The van der Waals surface area contributed by atoms with Gasteiger partial charge in [0.2, 0.25) is 5.91 Å². The fraction of sp³-hybridized carbons (Fsp3) is 0.765. The molecule has 0 saturated carbocycles. The Labute approximate surface area is 142 Å². The molecule has 0 radical (unpaired) electrons. The first-order chi connectivity index (χ1) is 11.4. The lowest BCUT2D eigenvalue weighted by Crippen LogP contribution is -2.55. The van der Waals surface area contributed by atoms with Crippen LogP contribution < -0.4 is 0 Å². The van der Waals surface area contributed by atoms with E-state index in [4.69, 9.17) is 4.74 Å². The molecule has 0 bridgehead atoms. The fourth-order valence-electron chi connectivity index (χ4n) is 3.62. The molecule has 2 aliphatic heterocycles. The van der Waals surface area contributed by atoms with Crippen LogP contribution in [0.2, 0.25) is 0 Å². The summed E-state index contributed by atoms with van der Waals surface area (Å²) in [6.07, 6.45) is 1.45. The molecule has 0 aliphatic carbocycles. The number of aromatic nitrogens is 2. The summed E-state index contributed by atoms with van der Waals surface area (Å²) in [5.74, 6) is 0.140. The van der Waals surface area contributed by atoms with Gasteiger partial charge in [-0.3, -0.25) is 9.89 Å². The summed E-state index contributed by atoms with van der Waals surface area (Å²) >= 11 is 0. The first-order valence-corrected chi connectivity index (χ1v) is 8.68. The number of aryl methyl sites for hydroxylation is 2. The zero-order valence-corrected chi connectivity index (χ0v) is 14.4. The highest BCUT2D eigenvalue weighted by molar-refractivity contribution is 5.76. The molecule has 134 valence electrons. The summed E-state index contributed by atoms with van der Waals surface area (Å²) in [6, 6.07) is 0. The monoisotopic (exact) mass is 337 g/mol. The molecule has 2 fully saturated rings. The number of aromatic amines is 1. The van der Waals surface area contributed by atoms with Crippen LogP contribution in [0.3, 0.4) is 0 Å². The SMILES string of the molecule is Cc1[nH]nc(CCC(=O)N2CCC3(CC2)C[C@@H](O)[C@@H](O)CO3)c1C. The molecule has 7 heteroatoms. The number of ether oxygens (including phenoxy) is 1. The lowest BCUT2D eigenvalue weighted by atomic mass is 9.82. The smallest absolute Gasteiger partial charge is 0.222 e. The van der Waals surface area contributed by atoms with E-state index >= 15 is 0 Å². The lowest BCUT2D eigenvalue weighted by Gasteiger charge is -2.46. The van der Waals surface area contributed by atoms with Crippen LogP contribution in [0.15, 0.2) is 0 Å². The van der Waals surface area contributed by atoms with Gasteiger partial charge in [-0.15, -0.1) is 0 Å². The second-order valence-electron chi connectivity index (χ2n) is 7.13. The number of rotatable bonds is 3. The average molecular weight is 337 g/mol. The Morgan fingerprint density at radius 1 is 1.33 bits per heavy atom. The number of aliphatic hydroxyl groups excluding tert-OH is 2. The molecular weight excluding hydrogens is 310 g/mol. The quantitative estimate of drug-likeness (QED) is 0.744. The summed E-state index contributed by atoms with van der Waals surface area (Å²) in [5.41, 5.74) is 2.75. The fourth-order valence-corrected chi connectivity index (χ4v) is 3.62. The van der Waals surface area contributed by atoms with Gasteiger partial charge < -0.3 is 19.8 Å². The highest BCUT2D eigenvalue weighted by Crippen LogP contribution is 2.35. The number of hydrogen-bond donors (Lipinski definition) is 3. The van der Waals surface area contributed by atoms with Gasteiger partial charge in [-0.1, -0.05) is 0 Å². The summed E-state index contributed by atoms with van der Waals surface area (Å²) in [4.78, 5) is 14.3. The number of hydrogen-bond acceptors (Lipinski definition) is 5. The maximum absolute atomic E-state index is 12.4. The van der Waals surface area contributed by atoms with Crippen molar-refractivity contribution in [2.75, 3.05) is 19.7 Å². The van der Waals surface area contributed by atoms with Gasteiger partial charge in [0.05, 0.1) is 24.0 Å². The Morgan fingerprint density at radius 3 is 2.62 bits per heavy atom. The summed E-state index contributed by atoms with van der Waals surface area (Å²) in [6.45, 7) is 5.45. The summed E-state index contributed by atoms with van der Waals surface area (Å²) < 4.78 is 5.80. The molecule has 2 atom stereocenters. The van der Waals surface area contributed by atoms with Gasteiger partial charge in [-0.2, -0.15) is 5.10 Å². The van der Waals surface area contributed by atoms with Crippen molar-refractivity contribution in [2.24, 2.45) is 0 Å². The molecule has 1 spiro atoms. The molecule has 1 aromatic heterocycles. The lowest BCUT2D eigenvalue weighted by molar-refractivity contribution is -0.188. The van der Waals surface area contributed by atoms with Crippen molar-refractivity contribution < 1.29 is 19.7 Å². The Morgan fingerprint density at radius 2 is 2.04 bits per heavy atom. The minimum Gasteiger partial charge on any atom is -0.390 e. The van der Waals surface area contributed by atoms with Crippen molar-refractivity contribution in [1.29, 1.82) is 0 Å². The van der Waals surface area contributed by atoms with Gasteiger partial charge in [0.15, 0.2) is 0 Å². The van der Waals surface area contributed by atoms with Crippen LogP contribution in [0, 0.1) is 13.8 Å². The number of carbonyl (C=O) groups excluding carboxylic acids is 1. The number of amides is 1. The molecule has 0 aromatic carbocycles. The maximum atomic E-state index is 12.4. The molecule has 3 heterocycles. The van der Waals surface area contributed by atoms with Crippen LogP contribution in [0.1, 0.15) is 42.6 Å². The van der Waals surface area contributed by atoms with Crippen molar-refractivity contribution >= 4 is 5.91 Å². The molecule has 24 heavy (non-hydrogen) atoms. The van der Waals surface area contributed by atoms with Crippen LogP contribution in [-0.4, -0.2) is 68.7 Å². The van der Waals surface area contributed by atoms with Crippen LogP contribution in [-0.2, 0) is 16.0 Å². The third-order valence-electron chi connectivity index (χ3n) is 5.54. The van der Waals surface area contributed by atoms with Crippen molar-refractivity contribution in [3.05, 3.63) is 17.0 Å². The van der Waals surface area contributed by atoms with Gasteiger partial charge in [-0.05, 0) is 32.3 Å². The van der Waals surface area contributed by atoms with E-state index in [9.17, 15) is 15.0 Å². The number of aliphatic hydroxyl groups is 2. The molecule has 1 amide bonds. The molecule has 7 nitrogen and oxygen atoms in total. The molecule has 0 unspecified atom stereocenters. The maximum Gasteiger partial charge on any atom is 0.222 e. The molecule has 3 rings (SSSR count). The predicted octanol–water partition coefficient (Wildman–Crippen LogP) is 0.462. The second-order valence-corrected chi connectivity index (χ2v) is 7.13. The minimum atomic E-state index is -0.796. The summed E-state index contributed by atoms with van der Waals surface area (Å²) in [7, 11) is 0. The predicted molar refractivity (Wildman–Crippen MR) is 87.5 cm³/mol. The van der Waals surface area contributed by atoms with Crippen molar-refractivity contribution in [2.45, 2.75) is 63.8 Å². The van der Waals surface area contributed by atoms with Gasteiger partial charge in [0, 0.05) is 38.0 Å². The van der Waals surface area contributed by atoms with Crippen molar-refractivity contribution in [1.82, 2.24) is 15.1 Å². The number of H-pyrrole nitrogens is 1. The highest BCUT2D eigenvalue weighted by Gasteiger charge is 2.43. The average Bonchev–Trinajstić information content (AvgIpc) is 2.89. The normalized spacial score (nSPS) is 26.8. The first-order valence-electron chi connectivity index (χ1n) is 8.68. The topological polar surface area (TPSA) is 98.7 Å². The Hall–Kier alpha value is -1.44. The van der Waals surface area contributed by atoms with E-state index in [1.807, 2.05) is 18.7 Å². The number of carbonyl (C=O) groups is 1. The van der Waals surface area contributed by atoms with E-state index < -0.39 is 12.2 Å². The van der Waals surface area contributed by atoms with Crippen molar-refractivity contribution in [3.63, 3.8) is 0 Å². The standard InChI is InChI=1S/C17H27N3O4/c1-11-12(2)18-19-13(11)3-4-16(23)20-7-5-17(6-8-20)9-14(21)15(22)10-24-17/h14-15,21-22H,3-10H2,1-2H3,(H,18,19)/t14-,15+/m1/s1. The number of likely N-dealkylation sites (tertiary alicyclic amines) is 1. The Bertz CT molecular complexity index is 593. The first kappa shape index (κ1) is 17.4. The van der Waals surface area contributed by atoms with Crippen LogP contribution >= 0.6 is 0 Å². The van der Waals surface area contributed by atoms with Gasteiger partial charge in [-0.25, -0.2) is 0 Å². The summed E-state index contributed by atoms with van der Waals surface area (Å²) in [5, 5.41) is 26.7. The highest BCUT2D eigenvalue weighted by atomic mass is 16.5. The van der Waals surface area contributed by atoms with E-state index in [1.54, 1.807) is 0 Å². The van der Waals surface area contributed by atoms with Gasteiger partial charge in [0.1, 0.15) is 6.10 Å². The van der Waals surface area contributed by atoms with E-state index in [0.717, 1.165) is 17.0 Å². The van der Waals surface area contributed by atoms with E-state index in [-0.39, 0.29) is 18.1 Å². The largest absolute Gasteiger partial charge is 0.390 e. The third-order valence-corrected chi connectivity index (χ3v) is 5.54. The molecular formula is C17H27N3O4. The molecule has 2 saturated heterocycles.